The molecule has 0 saturated carbocycles. The molecule has 2 aliphatic heterocycles. The third kappa shape index (κ3) is 2.49. The van der Waals surface area contributed by atoms with Crippen LogP contribution in [0.2, 0.25) is 0 Å². The van der Waals surface area contributed by atoms with Crippen molar-refractivity contribution >= 4 is 5.91 Å². The van der Waals surface area contributed by atoms with Crippen LogP contribution in [0.4, 0.5) is 0 Å². The Morgan fingerprint density at radius 3 is 2.71 bits per heavy atom. The van der Waals surface area contributed by atoms with Gasteiger partial charge in [0.05, 0.1) is 11.2 Å². The van der Waals surface area contributed by atoms with Crippen LogP contribution in [0.15, 0.2) is 0 Å². The molecule has 0 N–H and O–H groups in total. The monoisotopic (exact) mass is 239 g/mol. The molecule has 0 aromatic heterocycles. The van der Waals surface area contributed by atoms with Crippen LogP contribution < -0.4 is 0 Å². The highest BCUT2D eigenvalue weighted by atomic mass is 16.5. The molecule has 2 rings (SSSR count). The lowest BCUT2D eigenvalue weighted by Crippen LogP contribution is -2.58. The first-order valence-electron chi connectivity index (χ1n) is 6.84. The largest absolute Gasteiger partial charge is 0.369 e. The SMILES string of the molecule is CCC(=O)N1CC[C@@]2(C)OC(C)(C)CC[C@H]2C1. The van der Waals surface area contributed by atoms with E-state index in [0.29, 0.717) is 12.3 Å². The van der Waals surface area contributed by atoms with Crippen molar-refractivity contribution in [3.63, 3.8) is 0 Å². The second-order valence-electron chi connectivity index (χ2n) is 6.35. The van der Waals surface area contributed by atoms with Gasteiger partial charge in [0.15, 0.2) is 0 Å². The molecule has 0 bridgehead atoms. The summed E-state index contributed by atoms with van der Waals surface area (Å²) in [7, 11) is 0. The molecular formula is C14H25NO2. The molecule has 0 spiro atoms. The van der Waals surface area contributed by atoms with Crippen molar-refractivity contribution in [3.8, 4) is 0 Å². The molecule has 0 aromatic carbocycles. The Kier molecular flexibility index (Phi) is 3.23. The first-order chi connectivity index (χ1) is 7.86. The predicted molar refractivity (Wildman–Crippen MR) is 67.8 cm³/mol. The van der Waals surface area contributed by atoms with Gasteiger partial charge in [-0.25, -0.2) is 0 Å². The fraction of sp³-hybridized carbons (Fsp3) is 0.929. The van der Waals surface area contributed by atoms with Gasteiger partial charge < -0.3 is 9.64 Å². The number of piperidine rings is 1. The summed E-state index contributed by atoms with van der Waals surface area (Å²) < 4.78 is 6.29. The minimum atomic E-state index is -0.0216. The van der Waals surface area contributed by atoms with Gasteiger partial charge in [-0.05, 0) is 40.0 Å². The Morgan fingerprint density at radius 1 is 1.35 bits per heavy atom. The van der Waals surface area contributed by atoms with E-state index in [4.69, 9.17) is 4.74 Å². The molecule has 0 aromatic rings. The number of likely N-dealkylation sites (tertiary alicyclic amines) is 1. The summed E-state index contributed by atoms with van der Waals surface area (Å²) in [5.74, 6) is 0.802. The zero-order chi connectivity index (χ0) is 12.7. The highest BCUT2D eigenvalue weighted by Gasteiger charge is 2.47. The standard InChI is InChI=1S/C14H25NO2/c1-5-12(16)15-9-8-14(4)11(10-15)6-7-13(2,3)17-14/h11H,5-10H2,1-4H3/t11-,14+/m0/s1. The van der Waals surface area contributed by atoms with Gasteiger partial charge >= 0.3 is 0 Å². The Balaban J connectivity index is 2.06. The van der Waals surface area contributed by atoms with Gasteiger partial charge in [0.25, 0.3) is 0 Å². The molecule has 0 radical (unpaired) electrons. The molecule has 2 aliphatic rings. The van der Waals surface area contributed by atoms with Gasteiger partial charge in [0.1, 0.15) is 0 Å². The van der Waals surface area contributed by atoms with Crippen molar-refractivity contribution in [2.24, 2.45) is 5.92 Å². The highest BCUT2D eigenvalue weighted by molar-refractivity contribution is 5.75. The number of fused-ring (bicyclic) bond motifs is 1. The van der Waals surface area contributed by atoms with Crippen molar-refractivity contribution in [2.45, 2.75) is 64.6 Å². The predicted octanol–water partition coefficient (Wildman–Crippen LogP) is 2.59. The average molecular weight is 239 g/mol. The van der Waals surface area contributed by atoms with Crippen molar-refractivity contribution < 1.29 is 9.53 Å². The molecule has 3 nitrogen and oxygen atoms in total. The van der Waals surface area contributed by atoms with Crippen LogP contribution in [0, 0.1) is 5.92 Å². The number of ether oxygens (including phenoxy) is 1. The number of amides is 1. The fourth-order valence-corrected chi connectivity index (χ4v) is 3.30. The van der Waals surface area contributed by atoms with E-state index in [1.165, 1.54) is 6.42 Å². The molecule has 3 heteroatoms. The molecule has 0 aliphatic carbocycles. The topological polar surface area (TPSA) is 29.5 Å². The quantitative estimate of drug-likeness (QED) is 0.704. The van der Waals surface area contributed by atoms with Crippen LogP contribution in [0.25, 0.3) is 0 Å². The van der Waals surface area contributed by atoms with Crippen molar-refractivity contribution in [2.75, 3.05) is 13.1 Å². The zero-order valence-corrected chi connectivity index (χ0v) is 11.6. The van der Waals surface area contributed by atoms with Crippen LogP contribution >= 0.6 is 0 Å². The van der Waals surface area contributed by atoms with Crippen LogP contribution in [-0.4, -0.2) is 35.1 Å². The first kappa shape index (κ1) is 12.9. The summed E-state index contributed by atoms with van der Waals surface area (Å²) in [5.41, 5.74) is -0.0194. The zero-order valence-electron chi connectivity index (χ0n) is 11.6. The molecule has 2 fully saturated rings. The smallest absolute Gasteiger partial charge is 0.222 e. The van der Waals surface area contributed by atoms with Crippen molar-refractivity contribution in [1.29, 1.82) is 0 Å². The van der Waals surface area contributed by atoms with Gasteiger partial charge in [-0.3, -0.25) is 4.79 Å². The number of carbonyl (C=O) groups excluding carboxylic acids is 1. The molecule has 0 unspecified atom stereocenters. The number of hydrogen-bond acceptors (Lipinski definition) is 2. The van der Waals surface area contributed by atoms with E-state index in [1.54, 1.807) is 0 Å². The highest BCUT2D eigenvalue weighted by Crippen LogP contribution is 2.43. The third-order valence-electron chi connectivity index (χ3n) is 4.44. The number of nitrogens with zero attached hydrogens (tertiary/aromatic N) is 1. The number of carbonyl (C=O) groups is 1. The van der Waals surface area contributed by atoms with E-state index >= 15 is 0 Å². The van der Waals surface area contributed by atoms with Crippen LogP contribution in [0.5, 0.6) is 0 Å². The number of hydrogen-bond donors (Lipinski definition) is 0. The van der Waals surface area contributed by atoms with E-state index in [9.17, 15) is 4.79 Å². The van der Waals surface area contributed by atoms with E-state index < -0.39 is 0 Å². The molecule has 98 valence electrons. The molecule has 17 heavy (non-hydrogen) atoms. The lowest BCUT2D eigenvalue weighted by atomic mass is 9.74. The normalized spacial score (nSPS) is 36.5. The van der Waals surface area contributed by atoms with Crippen molar-refractivity contribution in [1.82, 2.24) is 4.90 Å². The lowest BCUT2D eigenvalue weighted by Gasteiger charge is -2.53. The minimum absolute atomic E-state index is 0.00217. The maximum atomic E-state index is 11.8. The van der Waals surface area contributed by atoms with Gasteiger partial charge in [0.2, 0.25) is 5.91 Å². The Bertz CT molecular complexity index is 313. The van der Waals surface area contributed by atoms with Gasteiger partial charge in [-0.15, -0.1) is 0 Å². The van der Waals surface area contributed by atoms with E-state index in [0.717, 1.165) is 25.9 Å². The summed E-state index contributed by atoms with van der Waals surface area (Å²) in [6, 6.07) is 0. The Hall–Kier alpha value is -0.570. The van der Waals surface area contributed by atoms with Crippen LogP contribution in [0.3, 0.4) is 0 Å². The van der Waals surface area contributed by atoms with Crippen LogP contribution in [0.1, 0.15) is 53.4 Å². The number of rotatable bonds is 1. The van der Waals surface area contributed by atoms with Crippen LogP contribution in [-0.2, 0) is 9.53 Å². The summed E-state index contributed by atoms with van der Waals surface area (Å²) in [4.78, 5) is 13.8. The molecular weight excluding hydrogens is 214 g/mol. The maximum absolute atomic E-state index is 11.8. The second-order valence-corrected chi connectivity index (χ2v) is 6.35. The van der Waals surface area contributed by atoms with Gasteiger partial charge in [-0.1, -0.05) is 6.92 Å². The van der Waals surface area contributed by atoms with E-state index in [2.05, 4.69) is 20.8 Å². The van der Waals surface area contributed by atoms with Gasteiger partial charge in [0, 0.05) is 25.4 Å². The van der Waals surface area contributed by atoms with E-state index in [1.807, 2.05) is 11.8 Å². The third-order valence-corrected chi connectivity index (χ3v) is 4.44. The van der Waals surface area contributed by atoms with Crippen molar-refractivity contribution in [3.05, 3.63) is 0 Å². The molecule has 1 amide bonds. The van der Waals surface area contributed by atoms with E-state index in [-0.39, 0.29) is 17.1 Å². The summed E-state index contributed by atoms with van der Waals surface area (Å²) in [6.07, 6.45) is 3.88. The lowest BCUT2D eigenvalue weighted by molar-refractivity contribution is -0.214. The average Bonchev–Trinajstić information content (AvgIpc) is 2.25. The molecule has 2 saturated heterocycles. The fourth-order valence-electron chi connectivity index (χ4n) is 3.30. The maximum Gasteiger partial charge on any atom is 0.222 e. The summed E-state index contributed by atoms with van der Waals surface area (Å²) >= 11 is 0. The summed E-state index contributed by atoms with van der Waals surface area (Å²) in [6.45, 7) is 10.3. The Morgan fingerprint density at radius 2 is 2.06 bits per heavy atom. The molecule has 2 atom stereocenters. The second kappa shape index (κ2) is 4.27. The molecule has 2 heterocycles. The Labute approximate surface area is 105 Å². The minimum Gasteiger partial charge on any atom is -0.369 e. The van der Waals surface area contributed by atoms with Gasteiger partial charge in [-0.2, -0.15) is 0 Å². The summed E-state index contributed by atoms with van der Waals surface area (Å²) in [5, 5.41) is 0. The first-order valence-corrected chi connectivity index (χ1v) is 6.84.